The molecule has 0 saturated carbocycles. The third-order valence-corrected chi connectivity index (χ3v) is 4.45. The molecule has 7 heteroatoms. The highest BCUT2D eigenvalue weighted by Gasteiger charge is 2.35. The Balaban J connectivity index is 1.98. The highest BCUT2D eigenvalue weighted by Crippen LogP contribution is 2.22. The molecule has 1 aromatic rings. The van der Waals surface area contributed by atoms with Gasteiger partial charge in [-0.05, 0) is 19.1 Å². The highest BCUT2D eigenvalue weighted by atomic mass is 32.2. The molecule has 0 amide bonds. The second-order valence-corrected chi connectivity index (χ2v) is 6.31. The summed E-state index contributed by atoms with van der Waals surface area (Å²) in [4.78, 5) is 0.0823. The van der Waals surface area contributed by atoms with Gasteiger partial charge in [-0.15, -0.1) is 0 Å². The second kappa shape index (κ2) is 6.19. The minimum atomic E-state index is -3.84. The first-order valence-corrected chi connectivity index (χ1v) is 7.65. The summed E-state index contributed by atoms with van der Waals surface area (Å²) in [6.07, 6.45) is -1.73. The second-order valence-electron chi connectivity index (χ2n) is 4.69. The maximum Gasteiger partial charge on any atom is 0.297 e. The first kappa shape index (κ1) is 15.4. The molecule has 1 aliphatic heterocycles. The summed E-state index contributed by atoms with van der Waals surface area (Å²) in [5.41, 5.74) is 0.960. The molecule has 0 radical (unpaired) electrons. The van der Waals surface area contributed by atoms with Gasteiger partial charge in [-0.1, -0.05) is 17.7 Å². The average Bonchev–Trinajstić information content (AvgIpc) is 2.78. The highest BCUT2D eigenvalue weighted by molar-refractivity contribution is 7.86. The number of benzene rings is 1. The molecule has 20 heavy (non-hydrogen) atoms. The molecule has 1 fully saturated rings. The molecular weight excluding hydrogens is 284 g/mol. The number of aliphatic hydroxyl groups excluding tert-OH is 1. The van der Waals surface area contributed by atoms with Crippen molar-refractivity contribution in [1.82, 2.24) is 0 Å². The van der Waals surface area contributed by atoms with Gasteiger partial charge in [0.1, 0.15) is 6.10 Å². The Morgan fingerprint density at radius 1 is 1.35 bits per heavy atom. The summed E-state index contributed by atoms with van der Waals surface area (Å²) in [5, 5.41) is 9.71. The molecule has 1 heterocycles. The van der Waals surface area contributed by atoms with E-state index in [4.69, 9.17) is 13.7 Å². The molecule has 112 valence electrons. The normalized spacial score (nSPS) is 26.9. The van der Waals surface area contributed by atoms with Crippen LogP contribution in [0.2, 0.25) is 0 Å². The number of methoxy groups -OCH3 is 1. The molecule has 1 N–H and O–H groups in total. The first-order chi connectivity index (χ1) is 9.42. The SMILES string of the molecule is CO[C@H]1C[C@H](O)[C@@H](COS(=O)(=O)c2ccc(C)cc2)O1. The molecule has 0 unspecified atom stereocenters. The van der Waals surface area contributed by atoms with Gasteiger partial charge in [0, 0.05) is 13.5 Å². The Kier molecular flexibility index (Phi) is 4.77. The molecule has 0 spiro atoms. The van der Waals surface area contributed by atoms with Crippen LogP contribution in [0.4, 0.5) is 0 Å². The van der Waals surface area contributed by atoms with Crippen molar-refractivity contribution in [1.29, 1.82) is 0 Å². The zero-order chi connectivity index (χ0) is 14.8. The van der Waals surface area contributed by atoms with E-state index in [2.05, 4.69) is 0 Å². The third kappa shape index (κ3) is 3.56. The maximum atomic E-state index is 12.0. The predicted octanol–water partition coefficient (Wildman–Crippen LogP) is 0.823. The third-order valence-electron chi connectivity index (χ3n) is 3.15. The van der Waals surface area contributed by atoms with Crippen molar-refractivity contribution in [2.75, 3.05) is 13.7 Å². The zero-order valence-electron chi connectivity index (χ0n) is 11.4. The quantitative estimate of drug-likeness (QED) is 0.811. The van der Waals surface area contributed by atoms with Crippen LogP contribution in [0.15, 0.2) is 29.2 Å². The molecule has 0 bridgehead atoms. The van der Waals surface area contributed by atoms with E-state index in [-0.39, 0.29) is 11.5 Å². The van der Waals surface area contributed by atoms with E-state index in [1.165, 1.54) is 19.2 Å². The molecule has 1 saturated heterocycles. The van der Waals surface area contributed by atoms with Gasteiger partial charge in [0.05, 0.1) is 17.6 Å². The molecule has 1 aromatic carbocycles. The van der Waals surface area contributed by atoms with Crippen molar-refractivity contribution < 1.29 is 27.2 Å². The van der Waals surface area contributed by atoms with Gasteiger partial charge >= 0.3 is 0 Å². The molecule has 1 aliphatic rings. The molecule has 2 rings (SSSR count). The van der Waals surface area contributed by atoms with Gasteiger partial charge in [-0.2, -0.15) is 8.42 Å². The fraction of sp³-hybridized carbons (Fsp3) is 0.538. The lowest BCUT2D eigenvalue weighted by atomic mass is 10.2. The number of hydrogen-bond acceptors (Lipinski definition) is 6. The van der Waals surface area contributed by atoms with Crippen LogP contribution in [-0.4, -0.2) is 45.7 Å². The molecule has 6 nitrogen and oxygen atoms in total. The maximum absolute atomic E-state index is 12.0. The van der Waals surface area contributed by atoms with Gasteiger partial charge in [0.2, 0.25) is 0 Å². The first-order valence-electron chi connectivity index (χ1n) is 6.25. The average molecular weight is 302 g/mol. The van der Waals surface area contributed by atoms with Crippen LogP contribution in [0.5, 0.6) is 0 Å². The minimum absolute atomic E-state index is 0.0823. The number of aliphatic hydroxyl groups is 1. The molecule has 0 aromatic heterocycles. The van der Waals surface area contributed by atoms with E-state index >= 15 is 0 Å². The Hall–Kier alpha value is -0.990. The fourth-order valence-corrected chi connectivity index (χ4v) is 2.84. The van der Waals surface area contributed by atoms with Crippen molar-refractivity contribution in [2.24, 2.45) is 0 Å². The van der Waals surface area contributed by atoms with E-state index < -0.39 is 28.6 Å². The van der Waals surface area contributed by atoms with E-state index in [9.17, 15) is 13.5 Å². The van der Waals surface area contributed by atoms with Crippen LogP contribution in [-0.2, 0) is 23.8 Å². The van der Waals surface area contributed by atoms with Crippen molar-refractivity contribution in [3.63, 3.8) is 0 Å². The van der Waals surface area contributed by atoms with E-state index in [1.54, 1.807) is 12.1 Å². The monoisotopic (exact) mass is 302 g/mol. The fourth-order valence-electron chi connectivity index (χ4n) is 1.92. The van der Waals surface area contributed by atoms with Gasteiger partial charge in [-0.3, -0.25) is 4.18 Å². The van der Waals surface area contributed by atoms with Crippen LogP contribution < -0.4 is 0 Å². The largest absolute Gasteiger partial charge is 0.390 e. The Morgan fingerprint density at radius 2 is 2.00 bits per heavy atom. The number of rotatable bonds is 5. The number of hydrogen-bond donors (Lipinski definition) is 1. The van der Waals surface area contributed by atoms with Crippen LogP contribution in [0.3, 0.4) is 0 Å². The lowest BCUT2D eigenvalue weighted by Crippen LogP contribution is -2.28. The Morgan fingerprint density at radius 3 is 2.55 bits per heavy atom. The van der Waals surface area contributed by atoms with E-state index in [1.807, 2.05) is 6.92 Å². The molecule has 3 atom stereocenters. The lowest BCUT2D eigenvalue weighted by Gasteiger charge is -2.14. The van der Waals surface area contributed by atoms with Crippen LogP contribution in [0.1, 0.15) is 12.0 Å². The molecular formula is C13H18O6S. The van der Waals surface area contributed by atoms with E-state index in [0.717, 1.165) is 5.56 Å². The zero-order valence-corrected chi connectivity index (χ0v) is 12.2. The summed E-state index contributed by atoms with van der Waals surface area (Å²) in [6, 6.07) is 6.35. The lowest BCUT2D eigenvalue weighted by molar-refractivity contribution is -0.124. The standard InChI is InChI=1S/C13H18O6S/c1-9-3-5-10(6-4-9)20(15,16)18-8-12-11(14)7-13(17-2)19-12/h3-6,11-14H,7-8H2,1-2H3/t11-,12+,13+/m0/s1. The van der Waals surface area contributed by atoms with Gasteiger partial charge < -0.3 is 14.6 Å². The summed E-state index contributed by atoms with van der Waals surface area (Å²) in [5.74, 6) is 0. The minimum Gasteiger partial charge on any atom is -0.390 e. The Labute approximate surface area is 118 Å². The predicted molar refractivity (Wildman–Crippen MR) is 70.6 cm³/mol. The van der Waals surface area contributed by atoms with Crippen molar-refractivity contribution >= 4 is 10.1 Å². The summed E-state index contributed by atoms with van der Waals surface area (Å²) < 4.78 is 39.1. The molecule has 0 aliphatic carbocycles. The van der Waals surface area contributed by atoms with Crippen LogP contribution >= 0.6 is 0 Å². The number of aryl methyl sites for hydroxylation is 1. The summed E-state index contributed by atoms with van der Waals surface area (Å²) in [7, 11) is -2.38. The van der Waals surface area contributed by atoms with E-state index in [0.29, 0.717) is 6.42 Å². The van der Waals surface area contributed by atoms with Gasteiger partial charge in [-0.25, -0.2) is 0 Å². The Bertz CT molecular complexity index is 538. The number of ether oxygens (including phenoxy) is 2. The van der Waals surface area contributed by atoms with Gasteiger partial charge in [0.15, 0.2) is 6.29 Å². The smallest absolute Gasteiger partial charge is 0.297 e. The topological polar surface area (TPSA) is 82.1 Å². The van der Waals surface area contributed by atoms with Crippen molar-refractivity contribution in [3.05, 3.63) is 29.8 Å². The van der Waals surface area contributed by atoms with Crippen molar-refractivity contribution in [3.8, 4) is 0 Å². The van der Waals surface area contributed by atoms with Crippen LogP contribution in [0, 0.1) is 6.92 Å². The summed E-state index contributed by atoms with van der Waals surface area (Å²) in [6.45, 7) is 1.63. The summed E-state index contributed by atoms with van der Waals surface area (Å²) >= 11 is 0. The van der Waals surface area contributed by atoms with Crippen molar-refractivity contribution in [2.45, 2.75) is 36.7 Å². The van der Waals surface area contributed by atoms with Gasteiger partial charge in [0.25, 0.3) is 10.1 Å². The van der Waals surface area contributed by atoms with Crippen LogP contribution in [0.25, 0.3) is 0 Å².